The van der Waals surface area contributed by atoms with Crippen LogP contribution < -0.4 is 4.74 Å². The Morgan fingerprint density at radius 3 is 2.35 bits per heavy atom. The Morgan fingerprint density at radius 2 is 1.94 bits per heavy atom. The largest absolute Gasteiger partial charge is 0.573 e. The number of hydrogen-bond donors (Lipinski definition) is 0. The fraction of sp³-hybridized carbons (Fsp3) is 0.400. The first-order valence-corrected chi connectivity index (χ1v) is 4.75. The van der Waals surface area contributed by atoms with Crippen molar-refractivity contribution in [1.82, 2.24) is 0 Å². The summed E-state index contributed by atoms with van der Waals surface area (Å²) in [5.41, 5.74) is -0.434. The van der Waals surface area contributed by atoms with Crippen LogP contribution in [0.4, 0.5) is 18.9 Å². The second-order valence-corrected chi connectivity index (χ2v) is 3.65. The van der Waals surface area contributed by atoms with E-state index in [1.807, 2.05) is 0 Å². The van der Waals surface area contributed by atoms with Crippen molar-refractivity contribution in [2.45, 2.75) is 26.1 Å². The topological polar surface area (TPSA) is 52.4 Å². The average Bonchev–Trinajstić information content (AvgIpc) is 2.14. The van der Waals surface area contributed by atoms with E-state index in [1.165, 1.54) is 12.1 Å². The molecule has 0 bridgehead atoms. The molecule has 0 aliphatic rings. The molecule has 0 aliphatic heterocycles. The summed E-state index contributed by atoms with van der Waals surface area (Å²) in [7, 11) is 0. The molecular weight excluding hydrogens is 239 g/mol. The first-order chi connectivity index (χ1) is 7.72. The standard InChI is InChI=1S/C10H10F3NO3/c1-6(2)7-4-3-5-8(9(7)14(15)16)17-10(11,12)13/h3-6H,1-2H3. The zero-order valence-electron chi connectivity index (χ0n) is 9.12. The van der Waals surface area contributed by atoms with Crippen LogP contribution in [-0.2, 0) is 0 Å². The van der Waals surface area contributed by atoms with E-state index in [0.29, 0.717) is 0 Å². The van der Waals surface area contributed by atoms with E-state index in [0.717, 1.165) is 6.07 Å². The smallest absolute Gasteiger partial charge is 0.398 e. The fourth-order valence-electron chi connectivity index (χ4n) is 1.41. The van der Waals surface area contributed by atoms with Gasteiger partial charge in [0, 0.05) is 5.56 Å². The number of rotatable bonds is 3. The van der Waals surface area contributed by atoms with Crippen LogP contribution in [-0.4, -0.2) is 11.3 Å². The SMILES string of the molecule is CC(C)c1cccc(OC(F)(F)F)c1[N+](=O)[O-]. The van der Waals surface area contributed by atoms with Crippen LogP contribution in [0.3, 0.4) is 0 Å². The van der Waals surface area contributed by atoms with Gasteiger partial charge in [0.2, 0.25) is 5.75 Å². The second kappa shape index (κ2) is 4.60. The summed E-state index contributed by atoms with van der Waals surface area (Å²) in [6.07, 6.45) is -4.94. The highest BCUT2D eigenvalue weighted by molar-refractivity contribution is 5.54. The first-order valence-electron chi connectivity index (χ1n) is 4.75. The molecule has 0 saturated heterocycles. The van der Waals surface area contributed by atoms with Crippen molar-refractivity contribution in [3.05, 3.63) is 33.9 Å². The molecule has 0 radical (unpaired) electrons. The number of nitro groups is 1. The minimum atomic E-state index is -4.94. The lowest BCUT2D eigenvalue weighted by Crippen LogP contribution is -2.18. The Bertz CT molecular complexity index is 429. The van der Waals surface area contributed by atoms with Crippen molar-refractivity contribution < 1.29 is 22.8 Å². The molecule has 0 spiro atoms. The summed E-state index contributed by atoms with van der Waals surface area (Å²) >= 11 is 0. The van der Waals surface area contributed by atoms with Gasteiger partial charge in [0.15, 0.2) is 0 Å². The van der Waals surface area contributed by atoms with E-state index in [9.17, 15) is 23.3 Å². The Labute approximate surface area is 95.2 Å². The minimum absolute atomic E-state index is 0.205. The molecule has 7 heteroatoms. The quantitative estimate of drug-likeness (QED) is 0.607. The fourth-order valence-corrected chi connectivity index (χ4v) is 1.41. The van der Waals surface area contributed by atoms with Crippen molar-refractivity contribution in [3.63, 3.8) is 0 Å². The first kappa shape index (κ1) is 13.3. The maximum absolute atomic E-state index is 12.1. The van der Waals surface area contributed by atoms with Crippen molar-refractivity contribution in [2.75, 3.05) is 0 Å². The Kier molecular flexibility index (Phi) is 3.59. The van der Waals surface area contributed by atoms with Crippen LogP contribution in [0, 0.1) is 10.1 Å². The molecular formula is C10H10F3NO3. The van der Waals surface area contributed by atoms with Crippen LogP contribution in [0.15, 0.2) is 18.2 Å². The van der Waals surface area contributed by atoms with Gasteiger partial charge in [-0.25, -0.2) is 0 Å². The number of ether oxygens (including phenoxy) is 1. The Morgan fingerprint density at radius 1 is 1.35 bits per heavy atom. The minimum Gasteiger partial charge on any atom is -0.398 e. The van der Waals surface area contributed by atoms with Gasteiger partial charge in [-0.3, -0.25) is 10.1 Å². The lowest BCUT2D eigenvalue weighted by molar-refractivity contribution is -0.389. The number of hydrogen-bond acceptors (Lipinski definition) is 3. The van der Waals surface area contributed by atoms with E-state index >= 15 is 0 Å². The molecule has 0 aromatic heterocycles. The second-order valence-electron chi connectivity index (χ2n) is 3.65. The molecule has 0 saturated carbocycles. The highest BCUT2D eigenvalue weighted by atomic mass is 19.4. The molecule has 0 N–H and O–H groups in total. The van der Waals surface area contributed by atoms with Crippen molar-refractivity contribution >= 4 is 5.69 Å². The molecule has 0 aliphatic carbocycles. The molecule has 94 valence electrons. The van der Waals surface area contributed by atoms with Gasteiger partial charge in [0.1, 0.15) is 0 Å². The third-order valence-electron chi connectivity index (χ3n) is 2.06. The van der Waals surface area contributed by atoms with E-state index in [4.69, 9.17) is 0 Å². The summed E-state index contributed by atoms with van der Waals surface area (Å²) in [5, 5.41) is 10.8. The van der Waals surface area contributed by atoms with Crippen LogP contribution in [0.2, 0.25) is 0 Å². The summed E-state index contributed by atoms with van der Waals surface area (Å²) in [5.74, 6) is -1.05. The predicted molar refractivity (Wildman–Crippen MR) is 53.9 cm³/mol. The van der Waals surface area contributed by atoms with Crippen molar-refractivity contribution in [1.29, 1.82) is 0 Å². The zero-order valence-corrected chi connectivity index (χ0v) is 9.12. The number of para-hydroxylation sites is 1. The molecule has 1 aromatic carbocycles. The van der Waals surface area contributed by atoms with Gasteiger partial charge in [0.05, 0.1) is 4.92 Å². The predicted octanol–water partition coefficient (Wildman–Crippen LogP) is 3.62. The summed E-state index contributed by atoms with van der Waals surface area (Å²) in [6, 6.07) is 3.63. The molecule has 1 rings (SSSR count). The van der Waals surface area contributed by atoms with Gasteiger partial charge in [0.25, 0.3) is 0 Å². The summed E-state index contributed by atoms with van der Waals surface area (Å²) in [6.45, 7) is 3.30. The lowest BCUT2D eigenvalue weighted by Gasteiger charge is -2.12. The van der Waals surface area contributed by atoms with Crippen molar-refractivity contribution in [3.8, 4) is 5.75 Å². The molecule has 0 atom stereocenters. The normalized spacial score (nSPS) is 11.6. The highest BCUT2D eigenvalue weighted by Gasteiger charge is 2.35. The van der Waals surface area contributed by atoms with Gasteiger partial charge in [-0.15, -0.1) is 13.2 Å². The molecule has 0 unspecified atom stereocenters. The van der Waals surface area contributed by atoms with Crippen LogP contribution in [0.5, 0.6) is 5.75 Å². The summed E-state index contributed by atoms with van der Waals surface area (Å²) < 4.78 is 39.9. The number of nitro benzene ring substituents is 1. The van der Waals surface area contributed by atoms with Crippen LogP contribution in [0.1, 0.15) is 25.3 Å². The highest BCUT2D eigenvalue weighted by Crippen LogP contribution is 2.37. The molecule has 0 fully saturated rings. The lowest BCUT2D eigenvalue weighted by atomic mass is 10.0. The third-order valence-corrected chi connectivity index (χ3v) is 2.06. The number of halogens is 3. The molecule has 1 aromatic rings. The zero-order chi connectivity index (χ0) is 13.2. The van der Waals surface area contributed by atoms with Gasteiger partial charge in [-0.1, -0.05) is 26.0 Å². The molecule has 17 heavy (non-hydrogen) atoms. The maximum Gasteiger partial charge on any atom is 0.573 e. The van der Waals surface area contributed by atoms with E-state index in [2.05, 4.69) is 4.74 Å². The van der Waals surface area contributed by atoms with Crippen LogP contribution in [0.25, 0.3) is 0 Å². The number of alkyl halides is 3. The number of nitrogens with zero attached hydrogens (tertiary/aromatic N) is 1. The molecule has 0 amide bonds. The van der Waals surface area contributed by atoms with E-state index in [1.54, 1.807) is 13.8 Å². The summed E-state index contributed by atoms with van der Waals surface area (Å²) in [4.78, 5) is 9.93. The van der Waals surface area contributed by atoms with Gasteiger partial charge < -0.3 is 4.74 Å². The molecule has 0 heterocycles. The van der Waals surface area contributed by atoms with E-state index < -0.39 is 22.7 Å². The molecule has 4 nitrogen and oxygen atoms in total. The third kappa shape index (κ3) is 3.33. The van der Waals surface area contributed by atoms with Crippen molar-refractivity contribution in [2.24, 2.45) is 0 Å². The Balaban J connectivity index is 3.30. The average molecular weight is 249 g/mol. The number of benzene rings is 1. The maximum atomic E-state index is 12.1. The van der Waals surface area contributed by atoms with E-state index in [-0.39, 0.29) is 11.5 Å². The van der Waals surface area contributed by atoms with Gasteiger partial charge in [-0.05, 0) is 12.0 Å². The van der Waals surface area contributed by atoms with Gasteiger partial charge in [-0.2, -0.15) is 0 Å². The Hall–Kier alpha value is -1.79. The van der Waals surface area contributed by atoms with Crippen LogP contribution >= 0.6 is 0 Å². The monoisotopic (exact) mass is 249 g/mol. The van der Waals surface area contributed by atoms with Gasteiger partial charge >= 0.3 is 12.0 Å².